The van der Waals surface area contributed by atoms with E-state index < -0.39 is 0 Å². The number of aromatic nitrogens is 2. The van der Waals surface area contributed by atoms with Gasteiger partial charge in [-0.2, -0.15) is 5.10 Å². The van der Waals surface area contributed by atoms with Crippen LogP contribution in [0.1, 0.15) is 58.9 Å². The Balaban J connectivity index is 1.89. The third-order valence-electron chi connectivity index (χ3n) is 4.67. The van der Waals surface area contributed by atoms with E-state index in [4.69, 9.17) is 0 Å². The van der Waals surface area contributed by atoms with Gasteiger partial charge in [-0.05, 0) is 43.4 Å². The third kappa shape index (κ3) is 3.41. The van der Waals surface area contributed by atoms with Crippen LogP contribution in [0.5, 0.6) is 0 Å². The minimum absolute atomic E-state index is 0.149. The fourth-order valence-electron chi connectivity index (χ4n) is 3.13. The van der Waals surface area contributed by atoms with Crippen LogP contribution in [0, 0.1) is 17.3 Å². The lowest BCUT2D eigenvalue weighted by atomic mass is 9.69. The summed E-state index contributed by atoms with van der Waals surface area (Å²) in [6, 6.07) is 0. The maximum absolute atomic E-state index is 12.3. The summed E-state index contributed by atoms with van der Waals surface area (Å²) in [6.45, 7) is 8.97. The van der Waals surface area contributed by atoms with Crippen LogP contribution in [0.4, 0.5) is 5.82 Å². The van der Waals surface area contributed by atoms with Gasteiger partial charge in [0.2, 0.25) is 5.91 Å². The summed E-state index contributed by atoms with van der Waals surface area (Å²) in [4.78, 5) is 12.3. The van der Waals surface area contributed by atoms with Crippen molar-refractivity contribution in [3.63, 3.8) is 0 Å². The van der Waals surface area contributed by atoms with Crippen LogP contribution in [0.2, 0.25) is 0 Å². The lowest BCUT2D eigenvalue weighted by Gasteiger charge is -2.36. The SMILES string of the molecule is CCc1cn[nH]c1NC(=O)C1CCC(C(C)(C)C)CC1. The maximum Gasteiger partial charge on any atom is 0.228 e. The highest BCUT2D eigenvalue weighted by Crippen LogP contribution is 2.40. The first-order valence-electron chi connectivity index (χ1n) is 7.75. The van der Waals surface area contributed by atoms with Crippen LogP contribution in [0.3, 0.4) is 0 Å². The number of aromatic amines is 1. The highest BCUT2D eigenvalue weighted by atomic mass is 16.1. The second-order valence-corrected chi connectivity index (χ2v) is 7.03. The number of nitrogens with zero attached hydrogens (tertiary/aromatic N) is 1. The maximum atomic E-state index is 12.3. The molecule has 1 amide bonds. The number of nitrogens with one attached hydrogen (secondary N) is 2. The first-order chi connectivity index (χ1) is 9.41. The Morgan fingerprint density at radius 2 is 2.00 bits per heavy atom. The fourth-order valence-corrected chi connectivity index (χ4v) is 3.13. The Hall–Kier alpha value is -1.32. The zero-order valence-electron chi connectivity index (χ0n) is 13.1. The monoisotopic (exact) mass is 277 g/mol. The summed E-state index contributed by atoms with van der Waals surface area (Å²) in [5.74, 6) is 1.82. The molecule has 0 spiro atoms. The van der Waals surface area contributed by atoms with E-state index in [0.29, 0.717) is 5.41 Å². The van der Waals surface area contributed by atoms with E-state index in [2.05, 4.69) is 43.2 Å². The van der Waals surface area contributed by atoms with Gasteiger partial charge in [0, 0.05) is 11.5 Å². The number of anilines is 1. The van der Waals surface area contributed by atoms with Crippen LogP contribution < -0.4 is 5.32 Å². The van der Waals surface area contributed by atoms with Crippen LogP contribution in [0.25, 0.3) is 0 Å². The molecule has 0 saturated heterocycles. The predicted octanol–water partition coefficient (Wildman–Crippen LogP) is 3.76. The minimum atomic E-state index is 0.149. The van der Waals surface area contributed by atoms with Crippen molar-refractivity contribution in [1.82, 2.24) is 10.2 Å². The van der Waals surface area contributed by atoms with Crippen molar-refractivity contribution < 1.29 is 4.79 Å². The van der Waals surface area contributed by atoms with Crippen molar-refractivity contribution in [2.75, 3.05) is 5.32 Å². The normalized spacial score (nSPS) is 23.6. The van der Waals surface area contributed by atoms with Crippen molar-refractivity contribution in [1.29, 1.82) is 0 Å². The molecule has 0 radical (unpaired) electrons. The molecule has 20 heavy (non-hydrogen) atoms. The molecular weight excluding hydrogens is 250 g/mol. The van der Waals surface area contributed by atoms with Gasteiger partial charge in [0.15, 0.2) is 0 Å². The Bertz CT molecular complexity index is 451. The Kier molecular flexibility index (Phi) is 4.51. The summed E-state index contributed by atoms with van der Waals surface area (Å²) in [5, 5.41) is 9.88. The van der Waals surface area contributed by atoms with Gasteiger partial charge in [0.25, 0.3) is 0 Å². The molecule has 0 bridgehead atoms. The molecule has 1 aliphatic carbocycles. The topological polar surface area (TPSA) is 57.8 Å². The zero-order valence-corrected chi connectivity index (χ0v) is 13.1. The molecule has 1 aliphatic rings. The summed E-state index contributed by atoms with van der Waals surface area (Å²) >= 11 is 0. The fraction of sp³-hybridized carbons (Fsp3) is 0.750. The molecule has 2 rings (SSSR count). The van der Waals surface area contributed by atoms with Crippen molar-refractivity contribution in [3.05, 3.63) is 11.8 Å². The number of carbonyl (C=O) groups excluding carboxylic acids is 1. The van der Waals surface area contributed by atoms with E-state index in [1.165, 1.54) is 0 Å². The molecule has 1 aromatic rings. The highest BCUT2D eigenvalue weighted by molar-refractivity contribution is 5.92. The van der Waals surface area contributed by atoms with Gasteiger partial charge in [0.1, 0.15) is 5.82 Å². The number of carbonyl (C=O) groups is 1. The van der Waals surface area contributed by atoms with Gasteiger partial charge in [-0.1, -0.05) is 27.7 Å². The summed E-state index contributed by atoms with van der Waals surface area (Å²) in [6.07, 6.45) is 6.98. The van der Waals surface area contributed by atoms with Gasteiger partial charge in [-0.3, -0.25) is 9.89 Å². The predicted molar refractivity (Wildman–Crippen MR) is 81.5 cm³/mol. The molecule has 0 atom stereocenters. The number of aryl methyl sites for hydroxylation is 1. The van der Waals surface area contributed by atoms with Gasteiger partial charge in [-0.25, -0.2) is 0 Å². The summed E-state index contributed by atoms with van der Waals surface area (Å²) < 4.78 is 0. The summed E-state index contributed by atoms with van der Waals surface area (Å²) in [5.41, 5.74) is 1.43. The molecule has 0 aliphatic heterocycles. The Morgan fingerprint density at radius 1 is 1.35 bits per heavy atom. The Morgan fingerprint density at radius 3 is 2.55 bits per heavy atom. The largest absolute Gasteiger partial charge is 0.311 e. The molecule has 0 aromatic carbocycles. The number of hydrogen-bond acceptors (Lipinski definition) is 2. The van der Waals surface area contributed by atoms with Crippen LogP contribution >= 0.6 is 0 Å². The zero-order chi connectivity index (χ0) is 14.8. The lowest BCUT2D eigenvalue weighted by Crippen LogP contribution is -2.31. The second kappa shape index (κ2) is 5.98. The molecule has 2 N–H and O–H groups in total. The van der Waals surface area contributed by atoms with Crippen molar-refractivity contribution in [3.8, 4) is 0 Å². The quantitative estimate of drug-likeness (QED) is 0.883. The molecule has 1 heterocycles. The molecule has 4 heteroatoms. The van der Waals surface area contributed by atoms with Crippen molar-refractivity contribution in [2.45, 2.75) is 59.8 Å². The first-order valence-corrected chi connectivity index (χ1v) is 7.75. The van der Waals surface area contributed by atoms with Crippen LogP contribution in [-0.2, 0) is 11.2 Å². The van der Waals surface area contributed by atoms with Gasteiger partial charge >= 0.3 is 0 Å². The first kappa shape index (κ1) is 15.1. The van der Waals surface area contributed by atoms with Crippen molar-refractivity contribution in [2.24, 2.45) is 17.3 Å². The van der Waals surface area contributed by atoms with E-state index >= 15 is 0 Å². The van der Waals surface area contributed by atoms with Crippen molar-refractivity contribution >= 4 is 11.7 Å². The van der Waals surface area contributed by atoms with E-state index in [1.807, 2.05) is 0 Å². The van der Waals surface area contributed by atoms with Crippen LogP contribution in [-0.4, -0.2) is 16.1 Å². The molecule has 4 nitrogen and oxygen atoms in total. The standard InChI is InChI=1S/C16H27N3O/c1-5-11-10-17-19-14(11)18-15(20)12-6-8-13(9-7-12)16(2,3)4/h10,12-13H,5-9H2,1-4H3,(H2,17,18,19,20). The number of hydrogen-bond donors (Lipinski definition) is 2. The molecule has 1 aromatic heterocycles. The van der Waals surface area contributed by atoms with Gasteiger partial charge in [-0.15, -0.1) is 0 Å². The smallest absolute Gasteiger partial charge is 0.228 e. The number of rotatable bonds is 3. The molecule has 0 unspecified atom stereocenters. The molecule has 1 fully saturated rings. The Labute approximate surface area is 121 Å². The summed E-state index contributed by atoms with van der Waals surface area (Å²) in [7, 11) is 0. The van der Waals surface area contributed by atoms with E-state index in [9.17, 15) is 4.79 Å². The van der Waals surface area contributed by atoms with E-state index in [1.54, 1.807) is 6.20 Å². The lowest BCUT2D eigenvalue weighted by molar-refractivity contribution is -0.121. The molecule has 112 valence electrons. The minimum Gasteiger partial charge on any atom is -0.311 e. The second-order valence-electron chi connectivity index (χ2n) is 7.03. The molecular formula is C16H27N3O. The average Bonchev–Trinajstić information content (AvgIpc) is 2.85. The van der Waals surface area contributed by atoms with Gasteiger partial charge < -0.3 is 5.32 Å². The third-order valence-corrected chi connectivity index (χ3v) is 4.67. The van der Waals surface area contributed by atoms with E-state index in [-0.39, 0.29) is 11.8 Å². The average molecular weight is 277 g/mol. The molecule has 1 saturated carbocycles. The van der Waals surface area contributed by atoms with Crippen LogP contribution in [0.15, 0.2) is 6.20 Å². The number of H-pyrrole nitrogens is 1. The number of amides is 1. The van der Waals surface area contributed by atoms with E-state index in [0.717, 1.165) is 49.4 Å². The highest BCUT2D eigenvalue weighted by Gasteiger charge is 2.32. The van der Waals surface area contributed by atoms with Gasteiger partial charge in [0.05, 0.1) is 6.20 Å².